The lowest BCUT2D eigenvalue weighted by Crippen LogP contribution is -2.37. The van der Waals surface area contributed by atoms with Crippen molar-refractivity contribution in [1.29, 1.82) is 0 Å². The molecule has 1 aliphatic carbocycles. The van der Waals surface area contributed by atoms with Gasteiger partial charge >= 0.3 is 0 Å². The number of aromatic nitrogens is 2. The molecule has 2 aromatic heterocycles. The molecule has 2 heterocycles. The van der Waals surface area contributed by atoms with Crippen molar-refractivity contribution in [3.8, 4) is 11.3 Å². The summed E-state index contributed by atoms with van der Waals surface area (Å²) < 4.78 is 5.10. The molecule has 0 bridgehead atoms. The molecule has 0 unspecified atom stereocenters. The Morgan fingerprint density at radius 2 is 2.24 bits per heavy atom. The van der Waals surface area contributed by atoms with Crippen LogP contribution in [0.3, 0.4) is 0 Å². The van der Waals surface area contributed by atoms with E-state index in [0.717, 1.165) is 18.4 Å². The van der Waals surface area contributed by atoms with Gasteiger partial charge in [-0.15, -0.1) is 0 Å². The second kappa shape index (κ2) is 5.74. The third-order valence-electron chi connectivity index (χ3n) is 3.04. The number of amides is 2. The van der Waals surface area contributed by atoms with E-state index in [0.29, 0.717) is 5.76 Å². The monoisotopic (exact) mass is 286 g/mol. The third-order valence-corrected chi connectivity index (χ3v) is 3.04. The number of carbonyl (C=O) groups is 2. The van der Waals surface area contributed by atoms with Crippen LogP contribution in [-0.2, 0) is 4.79 Å². The van der Waals surface area contributed by atoms with E-state index in [9.17, 15) is 9.59 Å². The van der Waals surface area contributed by atoms with Gasteiger partial charge in [0.15, 0.2) is 11.5 Å². The molecule has 0 radical (unpaired) electrons. The molecule has 7 nitrogen and oxygen atoms in total. The Hall–Kier alpha value is -2.70. The maximum atomic E-state index is 11.9. The zero-order valence-corrected chi connectivity index (χ0v) is 11.2. The van der Waals surface area contributed by atoms with Crippen LogP contribution in [0, 0.1) is 0 Å². The minimum Gasteiger partial charge on any atom is -0.355 e. The molecule has 2 amide bonds. The van der Waals surface area contributed by atoms with Crippen molar-refractivity contribution < 1.29 is 14.1 Å². The summed E-state index contributed by atoms with van der Waals surface area (Å²) in [6.07, 6.45) is 5.28. The number of nitrogens with zero attached hydrogens (tertiary/aromatic N) is 2. The third kappa shape index (κ3) is 3.44. The highest BCUT2D eigenvalue weighted by atomic mass is 16.5. The Kier molecular flexibility index (Phi) is 3.63. The lowest BCUT2D eigenvalue weighted by molar-refractivity contribution is -0.120. The summed E-state index contributed by atoms with van der Waals surface area (Å²) in [6.45, 7) is -0.0651. The van der Waals surface area contributed by atoms with Crippen molar-refractivity contribution in [2.45, 2.75) is 18.9 Å². The van der Waals surface area contributed by atoms with Gasteiger partial charge in [-0.2, -0.15) is 0 Å². The Morgan fingerprint density at radius 1 is 1.38 bits per heavy atom. The summed E-state index contributed by atoms with van der Waals surface area (Å²) in [4.78, 5) is 27.3. The first-order valence-electron chi connectivity index (χ1n) is 6.67. The molecule has 1 aliphatic rings. The predicted molar refractivity (Wildman–Crippen MR) is 73.2 cm³/mol. The first-order chi connectivity index (χ1) is 10.2. The Labute approximate surface area is 120 Å². The maximum absolute atomic E-state index is 11.9. The first-order valence-corrected chi connectivity index (χ1v) is 6.67. The van der Waals surface area contributed by atoms with Gasteiger partial charge in [0.05, 0.1) is 6.54 Å². The zero-order valence-electron chi connectivity index (χ0n) is 11.2. The largest absolute Gasteiger partial charge is 0.355 e. The van der Waals surface area contributed by atoms with Crippen LogP contribution in [0.15, 0.2) is 35.1 Å². The van der Waals surface area contributed by atoms with E-state index in [1.54, 1.807) is 24.5 Å². The van der Waals surface area contributed by atoms with Gasteiger partial charge in [0.25, 0.3) is 5.91 Å². The number of carbonyl (C=O) groups excluding carboxylic acids is 2. The molecule has 0 aromatic carbocycles. The van der Waals surface area contributed by atoms with Crippen LogP contribution < -0.4 is 10.6 Å². The molecular weight excluding hydrogens is 272 g/mol. The van der Waals surface area contributed by atoms with Crippen molar-refractivity contribution in [3.05, 3.63) is 36.3 Å². The van der Waals surface area contributed by atoms with E-state index in [2.05, 4.69) is 20.8 Å². The number of nitrogens with one attached hydrogen (secondary N) is 2. The second-order valence-electron chi connectivity index (χ2n) is 4.84. The van der Waals surface area contributed by atoms with Crippen molar-refractivity contribution in [1.82, 2.24) is 20.8 Å². The molecule has 1 fully saturated rings. The van der Waals surface area contributed by atoms with Gasteiger partial charge < -0.3 is 15.2 Å². The van der Waals surface area contributed by atoms with E-state index in [4.69, 9.17) is 4.52 Å². The fourth-order valence-corrected chi connectivity index (χ4v) is 1.78. The summed E-state index contributed by atoms with van der Waals surface area (Å²) in [7, 11) is 0. The Balaban J connectivity index is 1.57. The van der Waals surface area contributed by atoms with Crippen LogP contribution in [0.1, 0.15) is 23.3 Å². The smallest absolute Gasteiger partial charge is 0.273 e. The second-order valence-corrected chi connectivity index (χ2v) is 4.84. The summed E-state index contributed by atoms with van der Waals surface area (Å²) >= 11 is 0. The van der Waals surface area contributed by atoms with Gasteiger partial charge in [-0.25, -0.2) is 0 Å². The molecule has 0 saturated heterocycles. The van der Waals surface area contributed by atoms with Crippen LogP contribution in [0.5, 0.6) is 0 Å². The van der Waals surface area contributed by atoms with Crippen LogP contribution in [0.4, 0.5) is 0 Å². The minimum absolute atomic E-state index is 0.0651. The van der Waals surface area contributed by atoms with Gasteiger partial charge in [0.1, 0.15) is 0 Å². The Morgan fingerprint density at radius 3 is 2.95 bits per heavy atom. The predicted octanol–water partition coefficient (Wildman–Crippen LogP) is 0.745. The molecule has 2 N–H and O–H groups in total. The van der Waals surface area contributed by atoms with Gasteiger partial charge in [0, 0.05) is 30.1 Å². The molecule has 7 heteroatoms. The molecule has 0 aliphatic heterocycles. The quantitative estimate of drug-likeness (QED) is 0.845. The number of hydrogen-bond donors (Lipinski definition) is 2. The first kappa shape index (κ1) is 13.3. The highest BCUT2D eigenvalue weighted by Gasteiger charge is 2.23. The van der Waals surface area contributed by atoms with Gasteiger partial charge in [-0.05, 0) is 25.0 Å². The normalized spacial score (nSPS) is 13.7. The van der Waals surface area contributed by atoms with Gasteiger partial charge in [0.2, 0.25) is 5.91 Å². The highest BCUT2D eigenvalue weighted by Crippen LogP contribution is 2.19. The number of hydrogen-bond acceptors (Lipinski definition) is 5. The minimum atomic E-state index is -0.445. The molecule has 21 heavy (non-hydrogen) atoms. The topological polar surface area (TPSA) is 97.1 Å². The molecule has 2 aromatic rings. The van der Waals surface area contributed by atoms with Crippen molar-refractivity contribution in [2.24, 2.45) is 0 Å². The molecule has 3 rings (SSSR count). The summed E-state index contributed by atoms with van der Waals surface area (Å²) in [6, 6.07) is 5.36. The van der Waals surface area contributed by atoms with Crippen molar-refractivity contribution in [3.63, 3.8) is 0 Å². The fraction of sp³-hybridized carbons (Fsp3) is 0.286. The summed E-state index contributed by atoms with van der Waals surface area (Å²) in [5, 5.41) is 8.99. The van der Waals surface area contributed by atoms with Crippen molar-refractivity contribution in [2.75, 3.05) is 6.54 Å². The van der Waals surface area contributed by atoms with Gasteiger partial charge in [-0.1, -0.05) is 5.16 Å². The fourth-order valence-electron chi connectivity index (χ4n) is 1.78. The van der Waals surface area contributed by atoms with E-state index in [1.807, 2.05) is 0 Å². The zero-order chi connectivity index (χ0) is 14.7. The van der Waals surface area contributed by atoms with Crippen LogP contribution in [0.25, 0.3) is 11.3 Å². The van der Waals surface area contributed by atoms with Crippen LogP contribution >= 0.6 is 0 Å². The van der Waals surface area contributed by atoms with Gasteiger partial charge in [-0.3, -0.25) is 14.6 Å². The average molecular weight is 286 g/mol. The molecule has 108 valence electrons. The van der Waals surface area contributed by atoms with E-state index in [-0.39, 0.29) is 24.2 Å². The number of pyridine rings is 1. The standard InChI is InChI=1S/C14H14N4O3/c19-13(17-10-3-4-10)8-16-14(20)11-6-12(21-18-11)9-2-1-5-15-7-9/h1-2,5-7,10H,3-4,8H2,(H,16,20)(H,17,19). The summed E-state index contributed by atoms with van der Waals surface area (Å²) in [5.41, 5.74) is 0.864. The maximum Gasteiger partial charge on any atom is 0.273 e. The summed E-state index contributed by atoms with van der Waals surface area (Å²) in [5.74, 6) is -0.183. The van der Waals surface area contributed by atoms with Crippen molar-refractivity contribution >= 4 is 11.8 Å². The molecule has 0 atom stereocenters. The Bertz CT molecular complexity index is 649. The van der Waals surface area contributed by atoms with E-state index >= 15 is 0 Å². The number of rotatable bonds is 5. The molecule has 1 saturated carbocycles. The highest BCUT2D eigenvalue weighted by molar-refractivity contribution is 5.95. The molecule has 0 spiro atoms. The van der Waals surface area contributed by atoms with E-state index < -0.39 is 5.91 Å². The molecular formula is C14H14N4O3. The average Bonchev–Trinajstić information content (AvgIpc) is 3.18. The SMILES string of the molecule is O=C(CNC(=O)c1cc(-c2cccnc2)on1)NC1CC1. The lowest BCUT2D eigenvalue weighted by atomic mass is 10.2. The lowest BCUT2D eigenvalue weighted by Gasteiger charge is -2.03. The van der Waals surface area contributed by atoms with Crippen LogP contribution in [0.2, 0.25) is 0 Å². The van der Waals surface area contributed by atoms with E-state index in [1.165, 1.54) is 6.07 Å². The van der Waals surface area contributed by atoms with Crippen LogP contribution in [-0.4, -0.2) is 34.5 Å².